The summed E-state index contributed by atoms with van der Waals surface area (Å²) in [6, 6.07) is 16.5. The van der Waals surface area contributed by atoms with Gasteiger partial charge in [0.05, 0.1) is 13.2 Å². The second-order valence-electron chi connectivity index (χ2n) is 7.09. The van der Waals surface area contributed by atoms with Gasteiger partial charge in [-0.25, -0.2) is 0 Å². The second kappa shape index (κ2) is 10.0. The van der Waals surface area contributed by atoms with Crippen molar-refractivity contribution in [3.05, 3.63) is 59.7 Å². The summed E-state index contributed by atoms with van der Waals surface area (Å²) >= 11 is 0. The topological polar surface area (TPSA) is 38.8 Å². The molecule has 2 aromatic rings. The molecule has 2 aromatic carbocycles. The van der Waals surface area contributed by atoms with Crippen LogP contribution in [0, 0.1) is 0 Å². The minimum atomic E-state index is 0.196. The van der Waals surface area contributed by atoms with Crippen molar-refractivity contribution in [3.8, 4) is 11.5 Å². The van der Waals surface area contributed by atoms with E-state index >= 15 is 0 Å². The molecule has 144 valence electrons. The number of benzene rings is 2. The van der Waals surface area contributed by atoms with Gasteiger partial charge in [0.1, 0.15) is 0 Å². The summed E-state index contributed by atoms with van der Waals surface area (Å²) in [7, 11) is 1.90. The zero-order chi connectivity index (χ0) is 18.9. The quantitative estimate of drug-likeness (QED) is 0.654. The van der Waals surface area contributed by atoms with E-state index in [2.05, 4.69) is 24.3 Å². The van der Waals surface area contributed by atoms with Gasteiger partial charge in [-0.1, -0.05) is 36.4 Å². The highest BCUT2D eigenvalue weighted by atomic mass is 16.5. The van der Waals surface area contributed by atoms with Gasteiger partial charge in [-0.15, -0.1) is 0 Å². The molecule has 1 heterocycles. The maximum absolute atomic E-state index is 12.4. The molecule has 1 aliphatic heterocycles. The Bertz CT molecular complexity index is 730. The summed E-state index contributed by atoms with van der Waals surface area (Å²) < 4.78 is 11.4. The number of ether oxygens (including phenoxy) is 2. The monoisotopic (exact) mass is 367 g/mol. The molecule has 0 unspecified atom stereocenters. The molecule has 4 nitrogen and oxygen atoms in total. The van der Waals surface area contributed by atoms with Crippen LogP contribution in [0.15, 0.2) is 48.5 Å². The van der Waals surface area contributed by atoms with Crippen molar-refractivity contribution >= 4 is 5.91 Å². The SMILES string of the molecule is CN(CCCCc1ccccc1)C(=O)CCc1ccc2c(c1)OCCCO2. The first-order chi connectivity index (χ1) is 13.2. The van der Waals surface area contributed by atoms with Crippen LogP contribution < -0.4 is 9.47 Å². The van der Waals surface area contributed by atoms with Crippen LogP contribution in [-0.2, 0) is 17.6 Å². The van der Waals surface area contributed by atoms with Crippen LogP contribution in [0.2, 0.25) is 0 Å². The lowest BCUT2D eigenvalue weighted by Crippen LogP contribution is -2.28. The van der Waals surface area contributed by atoms with E-state index in [9.17, 15) is 4.79 Å². The van der Waals surface area contributed by atoms with E-state index < -0.39 is 0 Å². The van der Waals surface area contributed by atoms with E-state index in [1.165, 1.54) is 5.56 Å². The number of aryl methyl sites for hydroxylation is 2. The van der Waals surface area contributed by atoms with Gasteiger partial charge in [-0.2, -0.15) is 0 Å². The molecule has 0 aliphatic carbocycles. The molecule has 1 aliphatic rings. The van der Waals surface area contributed by atoms with Crippen molar-refractivity contribution in [2.24, 2.45) is 0 Å². The van der Waals surface area contributed by atoms with Crippen molar-refractivity contribution in [2.45, 2.75) is 38.5 Å². The number of rotatable bonds is 8. The predicted molar refractivity (Wildman–Crippen MR) is 107 cm³/mol. The third-order valence-electron chi connectivity index (χ3n) is 4.92. The Labute approximate surface area is 162 Å². The van der Waals surface area contributed by atoms with E-state index in [0.29, 0.717) is 19.6 Å². The lowest BCUT2D eigenvalue weighted by Gasteiger charge is -2.17. The minimum Gasteiger partial charge on any atom is -0.490 e. The Morgan fingerprint density at radius 3 is 2.52 bits per heavy atom. The first-order valence-corrected chi connectivity index (χ1v) is 9.89. The van der Waals surface area contributed by atoms with Crippen LogP contribution in [0.3, 0.4) is 0 Å². The summed E-state index contributed by atoms with van der Waals surface area (Å²) in [5, 5.41) is 0. The largest absolute Gasteiger partial charge is 0.490 e. The molecule has 4 heteroatoms. The predicted octanol–water partition coefficient (Wildman–Crippen LogP) is 4.26. The fourth-order valence-corrected chi connectivity index (χ4v) is 3.25. The van der Waals surface area contributed by atoms with Crippen molar-refractivity contribution in [3.63, 3.8) is 0 Å². The fourth-order valence-electron chi connectivity index (χ4n) is 3.25. The number of carbonyl (C=O) groups is 1. The number of hydrogen-bond acceptors (Lipinski definition) is 3. The minimum absolute atomic E-state index is 0.196. The van der Waals surface area contributed by atoms with Crippen molar-refractivity contribution < 1.29 is 14.3 Å². The van der Waals surface area contributed by atoms with Crippen LogP contribution in [0.25, 0.3) is 0 Å². The molecule has 0 aromatic heterocycles. The van der Waals surface area contributed by atoms with Crippen molar-refractivity contribution in [1.29, 1.82) is 0 Å². The molecule has 27 heavy (non-hydrogen) atoms. The highest BCUT2D eigenvalue weighted by molar-refractivity contribution is 5.76. The zero-order valence-electron chi connectivity index (χ0n) is 16.2. The molecular formula is C23H29NO3. The van der Waals surface area contributed by atoms with E-state index in [0.717, 1.165) is 55.7 Å². The highest BCUT2D eigenvalue weighted by Crippen LogP contribution is 2.30. The summed E-state index contributed by atoms with van der Waals surface area (Å²) in [6.45, 7) is 2.19. The molecule has 0 radical (unpaired) electrons. The van der Waals surface area contributed by atoms with Gasteiger partial charge in [-0.3, -0.25) is 4.79 Å². The molecule has 0 spiro atoms. The summed E-state index contributed by atoms with van der Waals surface area (Å²) in [4.78, 5) is 14.2. The number of nitrogens with zero attached hydrogens (tertiary/aromatic N) is 1. The molecular weight excluding hydrogens is 338 g/mol. The normalized spacial score (nSPS) is 13.1. The van der Waals surface area contributed by atoms with Crippen LogP contribution in [-0.4, -0.2) is 37.6 Å². The zero-order valence-corrected chi connectivity index (χ0v) is 16.2. The second-order valence-corrected chi connectivity index (χ2v) is 7.09. The Kier molecular flexibility index (Phi) is 7.14. The molecule has 0 atom stereocenters. The van der Waals surface area contributed by atoms with Gasteiger partial charge in [-0.05, 0) is 48.9 Å². The van der Waals surface area contributed by atoms with Crippen LogP contribution in [0.4, 0.5) is 0 Å². The molecule has 3 rings (SSSR count). The average Bonchev–Trinajstić information content (AvgIpc) is 2.95. The Balaban J connectivity index is 1.39. The van der Waals surface area contributed by atoms with Gasteiger partial charge < -0.3 is 14.4 Å². The van der Waals surface area contributed by atoms with Crippen LogP contribution in [0.5, 0.6) is 11.5 Å². The Morgan fingerprint density at radius 2 is 1.70 bits per heavy atom. The van der Waals surface area contributed by atoms with E-state index in [4.69, 9.17) is 9.47 Å². The Morgan fingerprint density at radius 1 is 0.926 bits per heavy atom. The number of hydrogen-bond donors (Lipinski definition) is 0. The maximum Gasteiger partial charge on any atom is 0.222 e. The lowest BCUT2D eigenvalue weighted by atomic mass is 10.1. The number of amides is 1. The highest BCUT2D eigenvalue weighted by Gasteiger charge is 2.13. The number of unbranched alkanes of at least 4 members (excludes halogenated alkanes) is 1. The molecule has 0 N–H and O–H groups in total. The third-order valence-corrected chi connectivity index (χ3v) is 4.92. The standard InChI is InChI=1S/C23H29NO3/c1-24(15-6-5-10-19-8-3-2-4-9-19)23(25)14-12-20-11-13-21-22(18-20)27-17-7-16-26-21/h2-4,8-9,11,13,18H,5-7,10,12,14-17H2,1H3. The smallest absolute Gasteiger partial charge is 0.222 e. The van der Waals surface area contributed by atoms with Crippen LogP contribution in [0.1, 0.15) is 36.8 Å². The number of carbonyl (C=O) groups excluding carboxylic acids is 1. The Hall–Kier alpha value is -2.49. The van der Waals surface area contributed by atoms with Gasteiger partial charge in [0, 0.05) is 26.4 Å². The van der Waals surface area contributed by atoms with E-state index in [1.807, 2.05) is 36.2 Å². The summed E-state index contributed by atoms with van der Waals surface area (Å²) in [6.07, 6.45) is 5.35. The molecule has 0 bridgehead atoms. The van der Waals surface area contributed by atoms with Gasteiger partial charge in [0.2, 0.25) is 5.91 Å². The molecule has 0 saturated carbocycles. The maximum atomic E-state index is 12.4. The van der Waals surface area contributed by atoms with E-state index in [1.54, 1.807) is 0 Å². The molecule has 0 fully saturated rings. The average molecular weight is 367 g/mol. The number of fused-ring (bicyclic) bond motifs is 1. The van der Waals surface area contributed by atoms with Crippen molar-refractivity contribution in [1.82, 2.24) is 4.90 Å². The summed E-state index contributed by atoms with van der Waals surface area (Å²) in [5.74, 6) is 1.80. The van der Waals surface area contributed by atoms with Crippen molar-refractivity contribution in [2.75, 3.05) is 26.8 Å². The third kappa shape index (κ3) is 6.02. The van der Waals surface area contributed by atoms with Gasteiger partial charge in [0.15, 0.2) is 11.5 Å². The molecule has 1 amide bonds. The fraction of sp³-hybridized carbons (Fsp3) is 0.435. The molecule has 0 saturated heterocycles. The first-order valence-electron chi connectivity index (χ1n) is 9.89. The van der Waals surface area contributed by atoms with Gasteiger partial charge >= 0.3 is 0 Å². The van der Waals surface area contributed by atoms with Crippen LogP contribution >= 0.6 is 0 Å². The lowest BCUT2D eigenvalue weighted by molar-refractivity contribution is -0.129. The van der Waals surface area contributed by atoms with Gasteiger partial charge in [0.25, 0.3) is 0 Å². The van der Waals surface area contributed by atoms with E-state index in [-0.39, 0.29) is 5.91 Å². The first kappa shape index (κ1) is 19.3. The summed E-state index contributed by atoms with van der Waals surface area (Å²) in [5.41, 5.74) is 2.48.